The number of carboxylic acid groups (broad SMARTS) is 2. The molecule has 0 bridgehead atoms. The van der Waals surface area contributed by atoms with E-state index in [4.69, 9.17) is 15.0 Å². The predicted molar refractivity (Wildman–Crippen MR) is 86.6 cm³/mol. The number of aryl methyl sites for hydroxylation is 2. The second-order valence-corrected chi connectivity index (χ2v) is 5.38. The Balaban J connectivity index is 0. The van der Waals surface area contributed by atoms with Gasteiger partial charge in [0.25, 0.3) is 0 Å². The van der Waals surface area contributed by atoms with Gasteiger partial charge in [0.15, 0.2) is 0 Å². The maximum absolute atomic E-state index is 8.33. The molecule has 0 aliphatic heterocycles. The minimum absolute atomic E-state index is 0. The minimum atomic E-state index is -2.33. The minimum Gasteiger partial charge on any atom is -0.652 e. The number of hydrogen-bond acceptors (Lipinski definition) is 3. The smallest absolute Gasteiger partial charge is 0.652 e. The van der Waals surface area contributed by atoms with Gasteiger partial charge in [0, 0.05) is 0 Å². The molecule has 0 radical (unpaired) electrons. The molecular weight excluding hydrogens is 322 g/mol. The monoisotopic (exact) mass is 346 g/mol. The summed E-state index contributed by atoms with van der Waals surface area (Å²) in [5.74, 6) is 0. The van der Waals surface area contributed by atoms with Gasteiger partial charge in [-0.25, -0.2) is 0 Å². The van der Waals surface area contributed by atoms with Crippen molar-refractivity contribution < 1.29 is 74.1 Å². The summed E-state index contributed by atoms with van der Waals surface area (Å²) in [6.07, 6.45) is 5.29. The zero-order chi connectivity index (χ0) is 16.4. The maximum atomic E-state index is 8.33. The topological polar surface area (TPSA) is 63.2 Å². The molecule has 120 valence electrons. The van der Waals surface area contributed by atoms with Crippen LogP contribution >= 0.6 is 0 Å². The van der Waals surface area contributed by atoms with Crippen LogP contribution in [-0.2, 0) is 12.8 Å². The fourth-order valence-corrected chi connectivity index (χ4v) is 2.63. The Morgan fingerprint density at radius 3 is 2.00 bits per heavy atom. The van der Waals surface area contributed by atoms with Crippen LogP contribution in [0.3, 0.4) is 0 Å². The van der Waals surface area contributed by atoms with Crippen molar-refractivity contribution in [3.05, 3.63) is 47.5 Å². The van der Waals surface area contributed by atoms with Crippen LogP contribution in [0.1, 0.15) is 50.7 Å². The molecule has 24 heavy (non-hydrogen) atoms. The van der Waals surface area contributed by atoms with Gasteiger partial charge in [-0.3, -0.25) is 0 Å². The second kappa shape index (κ2) is 15.2. The molecule has 0 heterocycles. The molecule has 0 amide bonds. The standard InChI is InChI=1S/C18H24.CH2O3.2Na/c1-3-5-9-15-13-14-16-10-7-8-12-18(16)17(15)11-6-4-2;2-1(3)4;;/h7-8,10,12-14H,3-6,9,11H2,1-2H3;(H2,2,3,4);;/q;;2*+1/p-2. The Labute approximate surface area is 189 Å². The van der Waals surface area contributed by atoms with E-state index in [0.717, 1.165) is 0 Å². The summed E-state index contributed by atoms with van der Waals surface area (Å²) in [5.41, 5.74) is 3.17. The Morgan fingerprint density at radius 2 is 1.42 bits per heavy atom. The van der Waals surface area contributed by atoms with Gasteiger partial charge in [0.2, 0.25) is 0 Å². The van der Waals surface area contributed by atoms with Crippen LogP contribution in [0.25, 0.3) is 10.8 Å². The fraction of sp³-hybridized carbons (Fsp3) is 0.421. The first-order valence-electron chi connectivity index (χ1n) is 7.97. The van der Waals surface area contributed by atoms with Gasteiger partial charge in [0.1, 0.15) is 0 Å². The van der Waals surface area contributed by atoms with Crippen molar-refractivity contribution in [1.29, 1.82) is 0 Å². The zero-order valence-electron chi connectivity index (χ0n) is 15.4. The summed E-state index contributed by atoms with van der Waals surface area (Å²) in [7, 11) is 0. The van der Waals surface area contributed by atoms with E-state index in [1.54, 1.807) is 11.1 Å². The molecule has 0 atom stereocenters. The van der Waals surface area contributed by atoms with E-state index in [0.29, 0.717) is 0 Å². The predicted octanol–water partition coefficient (Wildman–Crippen LogP) is -2.91. The molecule has 0 aromatic heterocycles. The fourth-order valence-electron chi connectivity index (χ4n) is 2.63. The molecule has 2 aromatic rings. The number of fused-ring (bicyclic) bond motifs is 1. The van der Waals surface area contributed by atoms with Crippen LogP contribution in [0, 0.1) is 0 Å². The number of benzene rings is 2. The number of carbonyl (C=O) groups excluding carboxylic acids is 1. The van der Waals surface area contributed by atoms with Crippen molar-refractivity contribution in [2.45, 2.75) is 52.4 Å². The molecule has 0 saturated carbocycles. The van der Waals surface area contributed by atoms with Crippen LogP contribution < -0.4 is 69.3 Å². The van der Waals surface area contributed by atoms with Crippen molar-refractivity contribution in [2.75, 3.05) is 0 Å². The van der Waals surface area contributed by atoms with Crippen molar-refractivity contribution in [2.24, 2.45) is 0 Å². The maximum Gasteiger partial charge on any atom is 1.00 e. The molecule has 0 aliphatic carbocycles. The Morgan fingerprint density at radius 1 is 0.875 bits per heavy atom. The van der Waals surface area contributed by atoms with E-state index in [9.17, 15) is 0 Å². The van der Waals surface area contributed by atoms with Gasteiger partial charge in [-0.15, -0.1) is 0 Å². The van der Waals surface area contributed by atoms with Gasteiger partial charge in [-0.05, 0) is 53.7 Å². The van der Waals surface area contributed by atoms with Crippen LogP contribution in [0.15, 0.2) is 36.4 Å². The van der Waals surface area contributed by atoms with Crippen molar-refractivity contribution >= 4 is 16.9 Å². The summed E-state index contributed by atoms with van der Waals surface area (Å²) in [5, 5.41) is 19.5. The average molecular weight is 346 g/mol. The van der Waals surface area contributed by atoms with E-state index in [1.807, 2.05) is 0 Å². The van der Waals surface area contributed by atoms with E-state index in [-0.39, 0.29) is 59.1 Å². The normalized spacial score (nSPS) is 9.25. The Bertz CT molecular complexity index is 596. The molecule has 5 heteroatoms. The molecule has 0 N–H and O–H groups in total. The first-order valence-corrected chi connectivity index (χ1v) is 7.97. The van der Waals surface area contributed by atoms with Crippen LogP contribution in [0.4, 0.5) is 4.79 Å². The molecule has 0 fully saturated rings. The van der Waals surface area contributed by atoms with Crippen LogP contribution in [0.5, 0.6) is 0 Å². The quantitative estimate of drug-likeness (QED) is 0.527. The number of carbonyl (C=O) groups is 1. The number of unbranched alkanes of at least 4 members (excludes halogenated alkanes) is 2. The Hall–Kier alpha value is -0.0300. The van der Waals surface area contributed by atoms with E-state index in [2.05, 4.69) is 50.2 Å². The van der Waals surface area contributed by atoms with E-state index in [1.165, 1.54) is 49.3 Å². The summed E-state index contributed by atoms with van der Waals surface area (Å²) in [6, 6.07) is 13.5. The third kappa shape index (κ3) is 9.45. The van der Waals surface area contributed by atoms with Crippen LogP contribution in [0.2, 0.25) is 0 Å². The number of hydrogen-bond donors (Lipinski definition) is 0. The third-order valence-corrected chi connectivity index (χ3v) is 3.72. The molecular formula is C19H24Na2O3. The van der Waals surface area contributed by atoms with E-state index < -0.39 is 6.16 Å². The van der Waals surface area contributed by atoms with E-state index >= 15 is 0 Å². The summed E-state index contributed by atoms with van der Waals surface area (Å²) < 4.78 is 0. The second-order valence-electron chi connectivity index (χ2n) is 5.38. The Kier molecular flexibility index (Phi) is 16.6. The molecule has 2 aromatic carbocycles. The van der Waals surface area contributed by atoms with Crippen molar-refractivity contribution in [3.8, 4) is 0 Å². The molecule has 0 unspecified atom stereocenters. The van der Waals surface area contributed by atoms with Gasteiger partial charge in [0.05, 0.1) is 0 Å². The van der Waals surface area contributed by atoms with Crippen LogP contribution in [-0.4, -0.2) is 6.16 Å². The van der Waals surface area contributed by atoms with Gasteiger partial charge in [-0.1, -0.05) is 63.1 Å². The van der Waals surface area contributed by atoms with Gasteiger partial charge < -0.3 is 15.0 Å². The molecule has 3 nitrogen and oxygen atoms in total. The largest absolute Gasteiger partial charge is 1.00 e. The zero-order valence-corrected chi connectivity index (χ0v) is 19.4. The van der Waals surface area contributed by atoms with Crippen molar-refractivity contribution in [3.63, 3.8) is 0 Å². The first-order chi connectivity index (χ1) is 10.6. The first kappa shape index (κ1) is 26.2. The summed E-state index contributed by atoms with van der Waals surface area (Å²) in [4.78, 5) is 8.33. The van der Waals surface area contributed by atoms with Crippen molar-refractivity contribution in [1.82, 2.24) is 0 Å². The molecule has 2 rings (SSSR count). The molecule has 0 aliphatic rings. The average Bonchev–Trinajstić information content (AvgIpc) is 2.50. The summed E-state index contributed by atoms with van der Waals surface area (Å²) in [6.45, 7) is 4.55. The van der Waals surface area contributed by atoms with Gasteiger partial charge >= 0.3 is 59.1 Å². The SMILES string of the molecule is CCCCc1ccc2ccccc2c1CCCC.O=C([O-])[O-].[Na+].[Na+]. The number of rotatable bonds is 6. The third-order valence-electron chi connectivity index (χ3n) is 3.72. The van der Waals surface area contributed by atoms with Gasteiger partial charge in [-0.2, -0.15) is 0 Å². The molecule has 0 spiro atoms. The molecule has 0 saturated heterocycles. The summed E-state index contributed by atoms with van der Waals surface area (Å²) >= 11 is 0.